The number of rotatable bonds is 3. The van der Waals surface area contributed by atoms with Gasteiger partial charge in [0.25, 0.3) is 0 Å². The van der Waals surface area contributed by atoms with Gasteiger partial charge in [-0.15, -0.1) is 0 Å². The van der Waals surface area contributed by atoms with E-state index in [1.807, 2.05) is 56.3 Å². The van der Waals surface area contributed by atoms with Crippen LogP contribution in [0.4, 0.5) is 5.13 Å². The zero-order valence-corrected chi connectivity index (χ0v) is 13.3. The Balaban J connectivity index is 1.72. The molecule has 0 unspecified atom stereocenters. The van der Waals surface area contributed by atoms with Gasteiger partial charge in [0.2, 0.25) is 5.91 Å². The van der Waals surface area contributed by atoms with Crippen molar-refractivity contribution in [1.82, 2.24) is 4.98 Å². The highest BCUT2D eigenvalue weighted by atomic mass is 32.1. The number of aromatic nitrogens is 1. The second kappa shape index (κ2) is 6.12. The van der Waals surface area contributed by atoms with Crippen molar-refractivity contribution in [3.05, 3.63) is 65.2 Å². The molecule has 2 aromatic carbocycles. The Morgan fingerprint density at radius 1 is 1.14 bits per heavy atom. The summed E-state index contributed by atoms with van der Waals surface area (Å²) in [6.45, 7) is 4.06. The summed E-state index contributed by atoms with van der Waals surface area (Å²) >= 11 is 1.49. The highest BCUT2D eigenvalue weighted by Gasteiger charge is 2.07. The van der Waals surface area contributed by atoms with Gasteiger partial charge < -0.3 is 0 Å². The summed E-state index contributed by atoms with van der Waals surface area (Å²) in [4.78, 5) is 16.5. The van der Waals surface area contributed by atoms with Crippen LogP contribution in [0.15, 0.2) is 48.5 Å². The van der Waals surface area contributed by atoms with Crippen molar-refractivity contribution in [3.63, 3.8) is 0 Å². The number of amides is 1. The lowest BCUT2D eigenvalue weighted by atomic mass is 10.1. The number of hydrogen-bond donors (Lipinski definition) is 1. The Bertz CT molecular complexity index is 847. The second-order valence-electron chi connectivity index (χ2n) is 5.17. The second-order valence-corrected chi connectivity index (χ2v) is 6.20. The van der Waals surface area contributed by atoms with Gasteiger partial charge in [-0.25, -0.2) is 4.98 Å². The largest absolute Gasteiger partial charge is 0.298 e. The fraction of sp³-hybridized carbons (Fsp3) is 0.111. The molecular formula is C18H16N2OS. The van der Waals surface area contributed by atoms with Gasteiger partial charge in [-0.1, -0.05) is 53.3 Å². The van der Waals surface area contributed by atoms with E-state index < -0.39 is 0 Å². The van der Waals surface area contributed by atoms with E-state index in [1.54, 1.807) is 6.08 Å². The van der Waals surface area contributed by atoms with Crippen molar-refractivity contribution in [3.8, 4) is 0 Å². The van der Waals surface area contributed by atoms with E-state index in [2.05, 4.69) is 10.3 Å². The van der Waals surface area contributed by atoms with Gasteiger partial charge in [0.15, 0.2) is 5.13 Å². The number of nitrogens with one attached hydrogen (secondary N) is 1. The molecule has 1 aromatic heterocycles. The number of carbonyl (C=O) groups is 1. The zero-order chi connectivity index (χ0) is 15.5. The van der Waals surface area contributed by atoms with E-state index in [0.29, 0.717) is 5.13 Å². The van der Waals surface area contributed by atoms with E-state index in [-0.39, 0.29) is 5.91 Å². The van der Waals surface area contributed by atoms with E-state index in [0.717, 1.165) is 21.3 Å². The van der Waals surface area contributed by atoms with E-state index >= 15 is 0 Å². The Morgan fingerprint density at radius 2 is 1.91 bits per heavy atom. The van der Waals surface area contributed by atoms with Crippen LogP contribution in [0, 0.1) is 13.8 Å². The van der Waals surface area contributed by atoms with Gasteiger partial charge in [0.1, 0.15) is 0 Å². The molecule has 0 radical (unpaired) electrons. The Hall–Kier alpha value is -2.46. The van der Waals surface area contributed by atoms with Gasteiger partial charge in [0, 0.05) is 6.08 Å². The molecule has 1 N–H and O–H groups in total. The first kappa shape index (κ1) is 14.5. The molecule has 22 heavy (non-hydrogen) atoms. The maximum Gasteiger partial charge on any atom is 0.250 e. The van der Waals surface area contributed by atoms with Crippen LogP contribution < -0.4 is 5.32 Å². The Morgan fingerprint density at radius 3 is 2.64 bits per heavy atom. The fourth-order valence-corrected chi connectivity index (χ4v) is 3.08. The van der Waals surface area contributed by atoms with E-state index in [1.165, 1.54) is 23.0 Å². The lowest BCUT2D eigenvalue weighted by molar-refractivity contribution is -0.111. The van der Waals surface area contributed by atoms with Crippen LogP contribution in [0.2, 0.25) is 0 Å². The average Bonchev–Trinajstić information content (AvgIpc) is 2.90. The van der Waals surface area contributed by atoms with Crippen LogP contribution in [0.5, 0.6) is 0 Å². The molecule has 1 heterocycles. The minimum atomic E-state index is -0.169. The molecule has 0 bridgehead atoms. The number of hydrogen-bond acceptors (Lipinski definition) is 3. The smallest absolute Gasteiger partial charge is 0.250 e. The third kappa shape index (κ3) is 3.23. The molecule has 0 saturated heterocycles. The number of carbonyl (C=O) groups excluding carboxylic acids is 1. The van der Waals surface area contributed by atoms with Crippen LogP contribution in [-0.2, 0) is 4.79 Å². The molecular weight excluding hydrogens is 292 g/mol. The number of benzene rings is 2. The Kier molecular flexibility index (Phi) is 4.02. The third-order valence-electron chi connectivity index (χ3n) is 3.36. The summed E-state index contributed by atoms with van der Waals surface area (Å²) < 4.78 is 1.08. The van der Waals surface area contributed by atoms with Crippen LogP contribution in [0.25, 0.3) is 16.3 Å². The summed E-state index contributed by atoms with van der Waals surface area (Å²) in [7, 11) is 0. The van der Waals surface area contributed by atoms with Gasteiger partial charge in [-0.3, -0.25) is 10.1 Å². The molecule has 3 rings (SSSR count). The van der Waals surface area contributed by atoms with Crippen molar-refractivity contribution >= 4 is 38.7 Å². The van der Waals surface area contributed by atoms with Gasteiger partial charge in [-0.05, 0) is 37.1 Å². The van der Waals surface area contributed by atoms with Crippen molar-refractivity contribution in [1.29, 1.82) is 0 Å². The Labute approximate surface area is 133 Å². The van der Waals surface area contributed by atoms with E-state index in [4.69, 9.17) is 0 Å². The SMILES string of the molecule is Cc1ccc(/C=C\C(=O)Nc2nc3c(C)cccc3s2)cc1. The van der Waals surface area contributed by atoms with Crippen LogP contribution in [0.3, 0.4) is 0 Å². The van der Waals surface area contributed by atoms with Crippen LogP contribution in [0.1, 0.15) is 16.7 Å². The average molecular weight is 308 g/mol. The molecule has 0 fully saturated rings. The molecule has 0 aliphatic heterocycles. The lowest BCUT2D eigenvalue weighted by Gasteiger charge is -1.96. The maximum absolute atomic E-state index is 12.0. The number of aryl methyl sites for hydroxylation is 2. The molecule has 0 atom stereocenters. The van der Waals surface area contributed by atoms with Gasteiger partial charge in [-0.2, -0.15) is 0 Å². The summed E-state index contributed by atoms with van der Waals surface area (Å²) in [6, 6.07) is 14.0. The molecule has 3 nitrogen and oxygen atoms in total. The molecule has 110 valence electrons. The lowest BCUT2D eigenvalue weighted by Crippen LogP contribution is -2.07. The first-order chi connectivity index (χ1) is 10.6. The fourth-order valence-electron chi connectivity index (χ4n) is 2.14. The first-order valence-electron chi connectivity index (χ1n) is 7.04. The summed E-state index contributed by atoms with van der Waals surface area (Å²) in [5, 5.41) is 3.45. The number of thiazole rings is 1. The highest BCUT2D eigenvalue weighted by molar-refractivity contribution is 7.22. The molecule has 0 aliphatic carbocycles. The highest BCUT2D eigenvalue weighted by Crippen LogP contribution is 2.27. The molecule has 0 spiro atoms. The van der Waals surface area contributed by atoms with Gasteiger partial charge >= 0.3 is 0 Å². The molecule has 0 aliphatic rings. The topological polar surface area (TPSA) is 42.0 Å². The molecule has 4 heteroatoms. The predicted molar refractivity (Wildman–Crippen MR) is 93.2 cm³/mol. The quantitative estimate of drug-likeness (QED) is 0.720. The van der Waals surface area contributed by atoms with Crippen molar-refractivity contribution in [2.24, 2.45) is 0 Å². The molecule has 0 saturated carbocycles. The standard InChI is InChI=1S/C18H16N2OS/c1-12-6-8-14(9-7-12)10-11-16(21)19-18-20-17-13(2)4-3-5-15(17)22-18/h3-11H,1-2H3,(H,19,20,21)/b11-10-. The van der Waals surface area contributed by atoms with E-state index in [9.17, 15) is 4.79 Å². The molecule has 1 amide bonds. The number of nitrogens with zero attached hydrogens (tertiary/aromatic N) is 1. The third-order valence-corrected chi connectivity index (χ3v) is 4.29. The van der Waals surface area contributed by atoms with Crippen LogP contribution in [-0.4, -0.2) is 10.9 Å². The first-order valence-corrected chi connectivity index (χ1v) is 7.85. The van der Waals surface area contributed by atoms with Crippen molar-refractivity contribution in [2.75, 3.05) is 5.32 Å². The van der Waals surface area contributed by atoms with Crippen LogP contribution >= 0.6 is 11.3 Å². The van der Waals surface area contributed by atoms with Crippen molar-refractivity contribution in [2.45, 2.75) is 13.8 Å². The van der Waals surface area contributed by atoms with Gasteiger partial charge in [0.05, 0.1) is 10.2 Å². The monoisotopic (exact) mass is 308 g/mol. The number of para-hydroxylation sites is 1. The minimum Gasteiger partial charge on any atom is -0.298 e. The number of fused-ring (bicyclic) bond motifs is 1. The summed E-state index contributed by atoms with van der Waals surface area (Å²) in [5.41, 5.74) is 4.27. The van der Waals surface area contributed by atoms with Crippen molar-refractivity contribution < 1.29 is 4.79 Å². The zero-order valence-electron chi connectivity index (χ0n) is 12.5. The summed E-state index contributed by atoms with van der Waals surface area (Å²) in [6.07, 6.45) is 3.33. The minimum absolute atomic E-state index is 0.169. The number of anilines is 1. The predicted octanol–water partition coefficient (Wildman–Crippen LogP) is 4.57. The maximum atomic E-state index is 12.0. The summed E-state index contributed by atoms with van der Waals surface area (Å²) in [5.74, 6) is -0.169. The molecule has 3 aromatic rings. The normalized spacial score (nSPS) is 11.2.